The van der Waals surface area contributed by atoms with Crippen LogP contribution in [0.15, 0.2) is 29.6 Å². The third-order valence-electron chi connectivity index (χ3n) is 3.11. The molecule has 0 radical (unpaired) electrons. The van der Waals surface area contributed by atoms with E-state index in [-0.39, 0.29) is 18.1 Å². The number of nitrogens with two attached hydrogens (primary N) is 1. The SMILES string of the molecule is CC(C)(NC(=O)Cc1csc(CN)n1)c1ccccc1F. The van der Waals surface area contributed by atoms with Gasteiger partial charge in [0, 0.05) is 17.5 Å². The molecule has 112 valence electrons. The molecule has 0 aliphatic rings. The molecule has 1 aromatic carbocycles. The molecule has 1 aromatic heterocycles. The fourth-order valence-corrected chi connectivity index (χ4v) is 2.79. The third kappa shape index (κ3) is 3.86. The van der Waals surface area contributed by atoms with Crippen molar-refractivity contribution in [1.29, 1.82) is 0 Å². The maximum Gasteiger partial charge on any atom is 0.226 e. The molecule has 2 rings (SSSR count). The zero-order valence-corrected chi connectivity index (χ0v) is 12.8. The lowest BCUT2D eigenvalue weighted by atomic mass is 9.93. The van der Waals surface area contributed by atoms with Gasteiger partial charge in [-0.2, -0.15) is 0 Å². The molecule has 0 aliphatic heterocycles. The Morgan fingerprint density at radius 3 is 2.76 bits per heavy atom. The summed E-state index contributed by atoms with van der Waals surface area (Å²) in [6, 6.07) is 6.43. The Labute approximate surface area is 127 Å². The fourth-order valence-electron chi connectivity index (χ4n) is 2.12. The van der Waals surface area contributed by atoms with Crippen molar-refractivity contribution >= 4 is 17.2 Å². The van der Waals surface area contributed by atoms with Gasteiger partial charge in [-0.1, -0.05) is 18.2 Å². The van der Waals surface area contributed by atoms with Gasteiger partial charge >= 0.3 is 0 Å². The first-order chi connectivity index (χ1) is 9.92. The van der Waals surface area contributed by atoms with Crippen molar-refractivity contribution in [3.8, 4) is 0 Å². The lowest BCUT2D eigenvalue weighted by Gasteiger charge is -2.27. The van der Waals surface area contributed by atoms with Gasteiger partial charge in [0.15, 0.2) is 0 Å². The Kier molecular flexibility index (Phi) is 4.69. The average Bonchev–Trinajstić information content (AvgIpc) is 2.85. The minimum atomic E-state index is -0.783. The molecule has 21 heavy (non-hydrogen) atoms. The van der Waals surface area contributed by atoms with Crippen LogP contribution in [-0.4, -0.2) is 10.9 Å². The van der Waals surface area contributed by atoms with Crippen LogP contribution in [0.1, 0.15) is 30.1 Å². The summed E-state index contributed by atoms with van der Waals surface area (Å²) in [5.41, 5.74) is 5.85. The van der Waals surface area contributed by atoms with Crippen LogP contribution in [-0.2, 0) is 23.3 Å². The number of nitrogens with one attached hydrogen (secondary N) is 1. The highest BCUT2D eigenvalue weighted by Crippen LogP contribution is 2.23. The number of nitrogens with zero attached hydrogens (tertiary/aromatic N) is 1. The van der Waals surface area contributed by atoms with Gasteiger partial charge in [-0.25, -0.2) is 9.37 Å². The van der Waals surface area contributed by atoms with Crippen LogP contribution in [0.3, 0.4) is 0 Å². The van der Waals surface area contributed by atoms with Crippen molar-refractivity contribution < 1.29 is 9.18 Å². The monoisotopic (exact) mass is 307 g/mol. The van der Waals surface area contributed by atoms with Gasteiger partial charge in [-0.05, 0) is 19.9 Å². The molecule has 0 aliphatic carbocycles. The summed E-state index contributed by atoms with van der Waals surface area (Å²) in [5.74, 6) is -0.529. The van der Waals surface area contributed by atoms with Crippen LogP contribution in [0.4, 0.5) is 4.39 Å². The first kappa shape index (κ1) is 15.6. The summed E-state index contributed by atoms with van der Waals surface area (Å²) < 4.78 is 13.8. The quantitative estimate of drug-likeness (QED) is 0.891. The highest BCUT2D eigenvalue weighted by Gasteiger charge is 2.26. The number of halogens is 1. The highest BCUT2D eigenvalue weighted by molar-refractivity contribution is 7.09. The topological polar surface area (TPSA) is 68.0 Å². The number of rotatable bonds is 5. The van der Waals surface area contributed by atoms with E-state index in [4.69, 9.17) is 5.73 Å². The molecule has 0 atom stereocenters. The van der Waals surface area contributed by atoms with Gasteiger partial charge < -0.3 is 11.1 Å². The number of carbonyl (C=O) groups is 1. The van der Waals surface area contributed by atoms with Crippen molar-refractivity contribution in [2.75, 3.05) is 0 Å². The van der Waals surface area contributed by atoms with Crippen LogP contribution < -0.4 is 11.1 Å². The van der Waals surface area contributed by atoms with E-state index in [1.807, 2.05) is 5.38 Å². The number of thiazole rings is 1. The maximum absolute atomic E-state index is 13.8. The van der Waals surface area contributed by atoms with E-state index in [1.165, 1.54) is 17.4 Å². The second-order valence-corrected chi connectivity index (χ2v) is 6.21. The number of hydrogen-bond donors (Lipinski definition) is 2. The smallest absolute Gasteiger partial charge is 0.226 e. The first-order valence-corrected chi connectivity index (χ1v) is 7.49. The Morgan fingerprint density at radius 2 is 2.14 bits per heavy atom. The van der Waals surface area contributed by atoms with Gasteiger partial charge in [0.1, 0.15) is 10.8 Å². The zero-order chi connectivity index (χ0) is 15.5. The molecule has 2 aromatic rings. The molecular formula is C15H18FN3OS. The minimum absolute atomic E-state index is 0.161. The molecule has 0 saturated heterocycles. The van der Waals surface area contributed by atoms with Gasteiger partial charge in [0.2, 0.25) is 5.91 Å². The minimum Gasteiger partial charge on any atom is -0.347 e. The summed E-state index contributed by atoms with van der Waals surface area (Å²) in [6.45, 7) is 3.92. The predicted molar refractivity (Wildman–Crippen MR) is 81.3 cm³/mol. The maximum atomic E-state index is 13.8. The second kappa shape index (κ2) is 6.32. The van der Waals surface area contributed by atoms with Crippen LogP contribution in [0.5, 0.6) is 0 Å². The van der Waals surface area contributed by atoms with Gasteiger partial charge in [0.05, 0.1) is 17.7 Å². The molecule has 0 spiro atoms. The Morgan fingerprint density at radius 1 is 1.43 bits per heavy atom. The number of benzene rings is 1. The fraction of sp³-hybridized carbons (Fsp3) is 0.333. The lowest BCUT2D eigenvalue weighted by Crippen LogP contribution is -2.42. The third-order valence-corrected chi connectivity index (χ3v) is 4.03. The summed E-state index contributed by atoms with van der Waals surface area (Å²) in [6.07, 6.45) is 0.161. The van der Waals surface area contributed by atoms with Crippen molar-refractivity contribution in [2.24, 2.45) is 5.73 Å². The Bertz CT molecular complexity index is 639. The molecule has 4 nitrogen and oxygen atoms in total. The Balaban J connectivity index is 2.06. The van der Waals surface area contributed by atoms with Gasteiger partial charge in [0.25, 0.3) is 0 Å². The summed E-state index contributed by atoms with van der Waals surface area (Å²) in [5, 5.41) is 5.46. The average molecular weight is 307 g/mol. The van der Waals surface area contributed by atoms with E-state index in [0.717, 1.165) is 5.01 Å². The molecule has 0 fully saturated rings. The number of amides is 1. The van der Waals surface area contributed by atoms with Gasteiger partial charge in [-0.15, -0.1) is 11.3 Å². The number of hydrogen-bond acceptors (Lipinski definition) is 4. The standard InChI is InChI=1S/C15H18FN3OS/c1-15(2,11-5-3-4-6-12(11)16)19-13(20)7-10-9-21-14(8-17)18-10/h3-6,9H,7-8,17H2,1-2H3,(H,19,20). The molecule has 0 saturated carbocycles. The summed E-state index contributed by atoms with van der Waals surface area (Å²) in [4.78, 5) is 16.4. The molecular weight excluding hydrogens is 289 g/mol. The summed E-state index contributed by atoms with van der Waals surface area (Å²) >= 11 is 1.43. The predicted octanol–water partition coefficient (Wildman–Crippen LogP) is 2.33. The molecule has 3 N–H and O–H groups in total. The molecule has 0 unspecified atom stereocenters. The van der Waals surface area contributed by atoms with Crippen molar-refractivity contribution in [3.63, 3.8) is 0 Å². The van der Waals surface area contributed by atoms with Crippen LogP contribution in [0.2, 0.25) is 0 Å². The molecule has 1 amide bonds. The van der Waals surface area contributed by atoms with E-state index >= 15 is 0 Å². The molecule has 0 bridgehead atoms. The Hall–Kier alpha value is -1.79. The van der Waals surface area contributed by atoms with Crippen molar-refractivity contribution in [1.82, 2.24) is 10.3 Å². The van der Waals surface area contributed by atoms with Crippen molar-refractivity contribution in [3.05, 3.63) is 51.7 Å². The highest BCUT2D eigenvalue weighted by atomic mass is 32.1. The van der Waals surface area contributed by atoms with E-state index in [1.54, 1.807) is 32.0 Å². The number of aromatic nitrogens is 1. The normalized spacial score (nSPS) is 11.4. The zero-order valence-electron chi connectivity index (χ0n) is 12.0. The first-order valence-electron chi connectivity index (χ1n) is 6.62. The molecule has 6 heteroatoms. The lowest BCUT2D eigenvalue weighted by molar-refractivity contribution is -0.122. The van der Waals surface area contributed by atoms with E-state index < -0.39 is 5.54 Å². The largest absolute Gasteiger partial charge is 0.347 e. The van der Waals surface area contributed by atoms with Crippen LogP contribution >= 0.6 is 11.3 Å². The van der Waals surface area contributed by atoms with E-state index in [9.17, 15) is 9.18 Å². The van der Waals surface area contributed by atoms with E-state index in [0.29, 0.717) is 17.8 Å². The van der Waals surface area contributed by atoms with Crippen LogP contribution in [0, 0.1) is 5.82 Å². The van der Waals surface area contributed by atoms with Crippen molar-refractivity contribution in [2.45, 2.75) is 32.4 Å². The summed E-state index contributed by atoms with van der Waals surface area (Å²) in [7, 11) is 0. The van der Waals surface area contributed by atoms with Crippen LogP contribution in [0.25, 0.3) is 0 Å². The molecule has 1 heterocycles. The number of carbonyl (C=O) groups excluding carboxylic acids is 1. The van der Waals surface area contributed by atoms with Gasteiger partial charge in [-0.3, -0.25) is 4.79 Å². The van der Waals surface area contributed by atoms with E-state index in [2.05, 4.69) is 10.3 Å². The second-order valence-electron chi connectivity index (χ2n) is 5.27.